The predicted molar refractivity (Wildman–Crippen MR) is 103 cm³/mol. The first-order valence-corrected chi connectivity index (χ1v) is 11.3. The van der Waals surface area contributed by atoms with Crippen LogP contribution >= 0.6 is 11.8 Å². The standard InChI is InChI=1S/C20H32N2O3S/c1-4-25-16-12-15(20(16)9-6-5-7-10-20)21(3)18(24)14-13-26-19(2)11-8-17(23)22(14)19/h14-16H,4-13H2,1-3H3/t14-,15-,16+,19+/m0/s1. The van der Waals surface area contributed by atoms with Crippen LogP contribution in [0.2, 0.25) is 0 Å². The van der Waals surface area contributed by atoms with Crippen molar-refractivity contribution in [2.45, 2.75) is 88.3 Å². The molecule has 0 radical (unpaired) electrons. The van der Waals surface area contributed by atoms with Crippen LogP contribution in [0.4, 0.5) is 0 Å². The number of hydrogen-bond acceptors (Lipinski definition) is 4. The zero-order chi connectivity index (χ0) is 18.5. The molecule has 4 fully saturated rings. The van der Waals surface area contributed by atoms with Gasteiger partial charge in [-0.05, 0) is 39.5 Å². The number of amides is 2. The Kier molecular flexibility index (Phi) is 4.79. The summed E-state index contributed by atoms with van der Waals surface area (Å²) >= 11 is 1.78. The molecule has 0 aromatic rings. The third-order valence-corrected chi connectivity index (χ3v) is 8.94. The monoisotopic (exact) mass is 380 g/mol. The molecule has 4 rings (SSSR count). The lowest BCUT2D eigenvalue weighted by molar-refractivity contribution is -0.187. The molecule has 5 nitrogen and oxygen atoms in total. The molecule has 0 aromatic heterocycles. The van der Waals surface area contributed by atoms with Crippen LogP contribution in [0, 0.1) is 5.41 Å². The van der Waals surface area contributed by atoms with E-state index >= 15 is 0 Å². The van der Waals surface area contributed by atoms with Gasteiger partial charge in [-0.25, -0.2) is 0 Å². The van der Waals surface area contributed by atoms with Gasteiger partial charge in [0.25, 0.3) is 0 Å². The Labute approximate surface area is 161 Å². The van der Waals surface area contributed by atoms with Gasteiger partial charge in [0.1, 0.15) is 6.04 Å². The first-order chi connectivity index (χ1) is 12.4. The van der Waals surface area contributed by atoms with Gasteiger partial charge in [-0.3, -0.25) is 9.59 Å². The van der Waals surface area contributed by atoms with E-state index in [0.717, 1.165) is 25.2 Å². The molecular formula is C20H32N2O3S. The van der Waals surface area contributed by atoms with Crippen molar-refractivity contribution >= 4 is 23.6 Å². The van der Waals surface area contributed by atoms with Crippen LogP contribution in [0.25, 0.3) is 0 Å². The van der Waals surface area contributed by atoms with Crippen molar-refractivity contribution in [3.8, 4) is 0 Å². The van der Waals surface area contributed by atoms with E-state index in [1.54, 1.807) is 11.8 Å². The van der Waals surface area contributed by atoms with Crippen LogP contribution < -0.4 is 0 Å². The lowest BCUT2D eigenvalue weighted by atomic mass is 9.54. The fourth-order valence-electron chi connectivity index (χ4n) is 5.96. The number of rotatable bonds is 4. The van der Waals surface area contributed by atoms with Crippen molar-refractivity contribution in [1.29, 1.82) is 0 Å². The van der Waals surface area contributed by atoms with E-state index in [9.17, 15) is 9.59 Å². The Hall–Kier alpha value is -0.750. The van der Waals surface area contributed by atoms with Gasteiger partial charge >= 0.3 is 0 Å². The van der Waals surface area contributed by atoms with Crippen molar-refractivity contribution in [1.82, 2.24) is 9.80 Å². The van der Waals surface area contributed by atoms with E-state index < -0.39 is 0 Å². The summed E-state index contributed by atoms with van der Waals surface area (Å²) < 4.78 is 6.05. The zero-order valence-electron chi connectivity index (χ0n) is 16.3. The fraction of sp³-hybridized carbons (Fsp3) is 0.900. The number of likely N-dealkylation sites (N-methyl/N-ethyl adjacent to an activating group) is 1. The van der Waals surface area contributed by atoms with Crippen molar-refractivity contribution in [3.63, 3.8) is 0 Å². The maximum atomic E-state index is 13.4. The highest BCUT2D eigenvalue weighted by Crippen LogP contribution is 2.55. The average Bonchev–Trinajstić information content (AvgIpc) is 3.14. The smallest absolute Gasteiger partial charge is 0.246 e. The molecule has 0 bridgehead atoms. The number of carbonyl (C=O) groups excluding carboxylic acids is 2. The van der Waals surface area contributed by atoms with Gasteiger partial charge in [0.15, 0.2) is 0 Å². The molecule has 6 heteroatoms. The molecule has 2 saturated heterocycles. The number of thioether (sulfide) groups is 1. The Morgan fingerprint density at radius 2 is 2.04 bits per heavy atom. The molecule has 4 atom stereocenters. The maximum Gasteiger partial charge on any atom is 0.246 e. The van der Waals surface area contributed by atoms with Gasteiger partial charge in [0, 0.05) is 37.3 Å². The number of carbonyl (C=O) groups is 2. The minimum atomic E-state index is -0.281. The average molecular weight is 381 g/mol. The summed E-state index contributed by atoms with van der Waals surface area (Å²) in [6, 6.07) is -0.0156. The molecule has 4 aliphatic rings. The topological polar surface area (TPSA) is 49.9 Å². The second-order valence-electron chi connectivity index (χ2n) is 8.70. The molecule has 2 aliphatic carbocycles. The molecule has 1 spiro atoms. The van der Waals surface area contributed by atoms with E-state index in [2.05, 4.69) is 13.8 Å². The molecular weight excluding hydrogens is 348 g/mol. The Morgan fingerprint density at radius 1 is 1.31 bits per heavy atom. The number of hydrogen-bond donors (Lipinski definition) is 0. The molecule has 2 saturated carbocycles. The van der Waals surface area contributed by atoms with Crippen molar-refractivity contribution in [2.75, 3.05) is 19.4 Å². The molecule has 0 N–H and O–H groups in total. The highest BCUT2D eigenvalue weighted by Gasteiger charge is 2.60. The summed E-state index contributed by atoms with van der Waals surface area (Å²) in [4.78, 5) is 29.5. The van der Waals surface area contributed by atoms with Gasteiger partial charge in [-0.15, -0.1) is 11.8 Å². The summed E-state index contributed by atoms with van der Waals surface area (Å²) in [5, 5.41) is 0. The van der Waals surface area contributed by atoms with E-state index in [1.165, 1.54) is 32.1 Å². The Morgan fingerprint density at radius 3 is 2.73 bits per heavy atom. The molecule has 0 unspecified atom stereocenters. The minimum Gasteiger partial charge on any atom is -0.378 e. The number of ether oxygens (including phenoxy) is 1. The predicted octanol–water partition coefficient (Wildman–Crippen LogP) is 3.03. The lowest BCUT2D eigenvalue weighted by Crippen LogP contribution is -2.67. The van der Waals surface area contributed by atoms with Crippen LogP contribution in [-0.2, 0) is 14.3 Å². The van der Waals surface area contributed by atoms with Crippen LogP contribution in [0.15, 0.2) is 0 Å². The van der Waals surface area contributed by atoms with Gasteiger partial charge in [-0.1, -0.05) is 19.3 Å². The van der Waals surface area contributed by atoms with Crippen molar-refractivity contribution in [2.24, 2.45) is 5.41 Å². The molecule has 146 valence electrons. The van der Waals surface area contributed by atoms with E-state index in [1.807, 2.05) is 16.8 Å². The number of nitrogens with zero attached hydrogens (tertiary/aromatic N) is 2. The molecule has 2 aliphatic heterocycles. The maximum absolute atomic E-state index is 13.4. The van der Waals surface area contributed by atoms with Crippen LogP contribution in [0.5, 0.6) is 0 Å². The Balaban J connectivity index is 1.51. The van der Waals surface area contributed by atoms with Crippen molar-refractivity contribution in [3.05, 3.63) is 0 Å². The van der Waals surface area contributed by atoms with Crippen molar-refractivity contribution < 1.29 is 14.3 Å². The van der Waals surface area contributed by atoms with Crippen LogP contribution in [0.1, 0.15) is 65.2 Å². The van der Waals surface area contributed by atoms with E-state index in [4.69, 9.17) is 4.74 Å². The van der Waals surface area contributed by atoms with E-state index in [-0.39, 0.29) is 34.2 Å². The molecule has 2 heterocycles. The summed E-state index contributed by atoms with van der Waals surface area (Å²) in [5.74, 6) is 1.03. The summed E-state index contributed by atoms with van der Waals surface area (Å²) in [7, 11) is 1.96. The quantitative estimate of drug-likeness (QED) is 0.752. The lowest BCUT2D eigenvalue weighted by Gasteiger charge is -2.60. The highest BCUT2D eigenvalue weighted by molar-refractivity contribution is 8.01. The molecule has 2 amide bonds. The molecule has 26 heavy (non-hydrogen) atoms. The molecule has 0 aromatic carbocycles. The zero-order valence-corrected chi connectivity index (χ0v) is 17.1. The first kappa shape index (κ1) is 18.6. The third-order valence-electron chi connectivity index (χ3n) is 7.44. The number of fused-ring (bicyclic) bond motifs is 1. The first-order valence-electron chi connectivity index (χ1n) is 10.3. The largest absolute Gasteiger partial charge is 0.378 e. The Bertz CT molecular complexity index is 592. The van der Waals surface area contributed by atoms with Crippen LogP contribution in [-0.4, -0.2) is 64.1 Å². The second-order valence-corrected chi connectivity index (χ2v) is 10.2. The summed E-state index contributed by atoms with van der Waals surface area (Å²) in [6.45, 7) is 4.93. The van der Waals surface area contributed by atoms with Gasteiger partial charge in [-0.2, -0.15) is 0 Å². The van der Waals surface area contributed by atoms with Gasteiger partial charge in [0.05, 0.1) is 11.0 Å². The summed E-state index contributed by atoms with van der Waals surface area (Å²) in [6.07, 6.45) is 8.80. The normalized spacial score (nSPS) is 38.3. The van der Waals surface area contributed by atoms with Gasteiger partial charge in [0.2, 0.25) is 11.8 Å². The second kappa shape index (κ2) is 6.69. The SMILES string of the molecule is CCO[C@@H]1C[C@H](N(C)C(=O)[C@@H]2CS[C@]3(C)CCC(=O)N23)C12CCCCC2. The third kappa shape index (κ3) is 2.62. The summed E-state index contributed by atoms with van der Waals surface area (Å²) in [5.41, 5.74) is 0.142. The van der Waals surface area contributed by atoms with E-state index in [0.29, 0.717) is 12.5 Å². The fourth-order valence-corrected chi connectivity index (χ4v) is 7.39. The highest BCUT2D eigenvalue weighted by atomic mass is 32.2. The minimum absolute atomic E-state index is 0.140. The van der Waals surface area contributed by atoms with Gasteiger partial charge < -0.3 is 14.5 Å². The van der Waals surface area contributed by atoms with Crippen LogP contribution in [0.3, 0.4) is 0 Å².